The first-order chi connectivity index (χ1) is 16.4. The van der Waals surface area contributed by atoms with Crippen LogP contribution in [-0.2, 0) is 16.1 Å². The van der Waals surface area contributed by atoms with Gasteiger partial charge >= 0.3 is 5.97 Å². The molecule has 0 saturated carbocycles. The summed E-state index contributed by atoms with van der Waals surface area (Å²) >= 11 is 0. The Morgan fingerprint density at radius 2 is 1.76 bits per heavy atom. The summed E-state index contributed by atoms with van der Waals surface area (Å²) in [6.07, 6.45) is 1.56. The Morgan fingerprint density at radius 3 is 2.44 bits per heavy atom. The van der Waals surface area contributed by atoms with Gasteiger partial charge in [-0.2, -0.15) is 0 Å². The zero-order valence-electron chi connectivity index (χ0n) is 18.1. The number of rotatable bonds is 8. The highest BCUT2D eigenvalue weighted by molar-refractivity contribution is 6.12. The summed E-state index contributed by atoms with van der Waals surface area (Å²) < 4.78 is 29.9. The van der Waals surface area contributed by atoms with Crippen molar-refractivity contribution in [3.63, 3.8) is 0 Å². The molecule has 1 aliphatic rings. The van der Waals surface area contributed by atoms with Crippen LogP contribution >= 0.6 is 0 Å². The highest BCUT2D eigenvalue weighted by atomic mass is 19.1. The van der Waals surface area contributed by atoms with Gasteiger partial charge in [0.2, 0.25) is 5.90 Å². The molecule has 0 bridgehead atoms. The number of nitrogens with zero attached hydrogens (tertiary/aromatic N) is 2. The minimum Gasteiger partial charge on any atom is -0.490 e. The number of ether oxygens (including phenoxy) is 3. The van der Waals surface area contributed by atoms with Gasteiger partial charge in [0, 0.05) is 17.7 Å². The summed E-state index contributed by atoms with van der Waals surface area (Å²) in [5.74, 6) is 0.0311. The van der Waals surface area contributed by atoms with Gasteiger partial charge in [-0.25, -0.2) is 14.2 Å². The molecule has 0 radical (unpaired) electrons. The molecular formula is C25H19FN2O6. The Balaban J connectivity index is 1.52. The van der Waals surface area contributed by atoms with E-state index >= 15 is 0 Å². The summed E-state index contributed by atoms with van der Waals surface area (Å²) in [5, 5.41) is 10.8. The molecule has 172 valence electrons. The Kier molecular flexibility index (Phi) is 6.63. The van der Waals surface area contributed by atoms with Crippen LogP contribution in [0, 0.1) is 15.9 Å². The lowest BCUT2D eigenvalue weighted by Gasteiger charge is -2.13. The summed E-state index contributed by atoms with van der Waals surface area (Å²) in [6, 6.07) is 16.7. The maximum Gasteiger partial charge on any atom is 0.363 e. The molecule has 0 unspecified atom stereocenters. The number of carbonyl (C=O) groups excluding carboxylic acids is 1. The Bertz CT molecular complexity index is 1280. The summed E-state index contributed by atoms with van der Waals surface area (Å²) in [4.78, 5) is 26.8. The van der Waals surface area contributed by atoms with E-state index in [-0.39, 0.29) is 23.9 Å². The number of esters is 1. The first-order valence-electron chi connectivity index (χ1n) is 10.3. The first kappa shape index (κ1) is 22.7. The van der Waals surface area contributed by atoms with E-state index in [4.69, 9.17) is 14.2 Å². The minimum atomic E-state index is -0.615. The van der Waals surface area contributed by atoms with Crippen molar-refractivity contribution in [2.75, 3.05) is 6.61 Å². The Morgan fingerprint density at radius 1 is 1.03 bits per heavy atom. The van der Waals surface area contributed by atoms with Crippen LogP contribution in [0.2, 0.25) is 0 Å². The van der Waals surface area contributed by atoms with Gasteiger partial charge < -0.3 is 14.2 Å². The van der Waals surface area contributed by atoms with E-state index in [2.05, 4.69) is 4.99 Å². The number of cyclic esters (lactones) is 1. The van der Waals surface area contributed by atoms with Gasteiger partial charge in [-0.3, -0.25) is 10.1 Å². The molecule has 8 nitrogen and oxygen atoms in total. The molecule has 0 fully saturated rings. The molecule has 3 aromatic carbocycles. The zero-order valence-corrected chi connectivity index (χ0v) is 18.1. The number of nitro benzene ring substituents is 1. The molecule has 9 heteroatoms. The third kappa shape index (κ3) is 5.26. The maximum absolute atomic E-state index is 13.1. The van der Waals surface area contributed by atoms with Crippen molar-refractivity contribution in [3.05, 3.63) is 105 Å². The molecule has 0 aromatic heterocycles. The van der Waals surface area contributed by atoms with Crippen LogP contribution in [0.1, 0.15) is 23.6 Å². The van der Waals surface area contributed by atoms with Crippen molar-refractivity contribution in [1.29, 1.82) is 0 Å². The van der Waals surface area contributed by atoms with E-state index in [1.54, 1.807) is 36.4 Å². The highest BCUT2D eigenvalue weighted by Crippen LogP contribution is 2.31. The van der Waals surface area contributed by atoms with Crippen LogP contribution in [0.15, 0.2) is 77.4 Å². The monoisotopic (exact) mass is 462 g/mol. The van der Waals surface area contributed by atoms with Crippen molar-refractivity contribution in [3.8, 4) is 11.5 Å². The van der Waals surface area contributed by atoms with Crippen molar-refractivity contribution >= 4 is 23.6 Å². The molecule has 0 N–H and O–H groups in total. The molecule has 34 heavy (non-hydrogen) atoms. The van der Waals surface area contributed by atoms with E-state index in [1.165, 1.54) is 36.4 Å². The van der Waals surface area contributed by atoms with E-state index in [0.717, 1.165) is 5.56 Å². The van der Waals surface area contributed by atoms with Crippen molar-refractivity contribution in [2.24, 2.45) is 4.99 Å². The van der Waals surface area contributed by atoms with Gasteiger partial charge in [-0.1, -0.05) is 6.07 Å². The lowest BCUT2D eigenvalue weighted by atomic mass is 10.1. The third-order valence-electron chi connectivity index (χ3n) is 4.82. The molecule has 1 heterocycles. The van der Waals surface area contributed by atoms with E-state index in [9.17, 15) is 19.3 Å². The van der Waals surface area contributed by atoms with Crippen LogP contribution in [0.25, 0.3) is 6.08 Å². The molecule has 1 aliphatic heterocycles. The predicted octanol–water partition coefficient (Wildman–Crippen LogP) is 5.06. The number of carbonyl (C=O) groups is 1. The van der Waals surface area contributed by atoms with Gasteiger partial charge in [0.05, 0.1) is 11.5 Å². The largest absolute Gasteiger partial charge is 0.490 e. The lowest BCUT2D eigenvalue weighted by molar-refractivity contribution is -0.384. The second-order valence-corrected chi connectivity index (χ2v) is 7.19. The molecular weight excluding hydrogens is 443 g/mol. The Hall–Kier alpha value is -4.53. The van der Waals surface area contributed by atoms with Crippen LogP contribution < -0.4 is 9.47 Å². The topological polar surface area (TPSA) is 100 Å². The van der Waals surface area contributed by atoms with Crippen molar-refractivity contribution in [2.45, 2.75) is 13.5 Å². The number of hydrogen-bond donors (Lipinski definition) is 0. The van der Waals surface area contributed by atoms with Gasteiger partial charge in [-0.15, -0.1) is 0 Å². The van der Waals surface area contributed by atoms with Crippen LogP contribution in [0.4, 0.5) is 10.1 Å². The number of non-ortho nitro benzene ring substituents is 1. The molecule has 0 atom stereocenters. The van der Waals surface area contributed by atoms with Crippen molar-refractivity contribution in [1.82, 2.24) is 0 Å². The smallest absolute Gasteiger partial charge is 0.363 e. The van der Waals surface area contributed by atoms with Gasteiger partial charge in [0.1, 0.15) is 12.4 Å². The zero-order chi connectivity index (χ0) is 24.1. The molecule has 0 aliphatic carbocycles. The van der Waals surface area contributed by atoms with Gasteiger partial charge in [0.25, 0.3) is 5.69 Å². The molecule has 0 spiro atoms. The van der Waals surface area contributed by atoms with E-state index in [1.807, 2.05) is 6.92 Å². The standard InChI is InChI=1S/C25H19FN2O6/c1-2-32-23-14-17(5-12-22(23)33-15-16-3-10-20(11-4-16)28(30)31)13-21-25(29)34-24(27-21)18-6-8-19(26)9-7-18/h3-14H,2,15H2,1H3/b21-13-. The molecule has 3 aromatic rings. The quantitative estimate of drug-likeness (QED) is 0.201. The maximum atomic E-state index is 13.1. The first-order valence-corrected chi connectivity index (χ1v) is 10.3. The van der Waals surface area contributed by atoms with Gasteiger partial charge in [-0.05, 0) is 72.7 Å². The van der Waals surface area contributed by atoms with Crippen LogP contribution in [-0.4, -0.2) is 23.4 Å². The lowest BCUT2D eigenvalue weighted by Crippen LogP contribution is -2.05. The fourth-order valence-corrected chi connectivity index (χ4v) is 3.16. The second-order valence-electron chi connectivity index (χ2n) is 7.19. The summed E-state index contributed by atoms with van der Waals surface area (Å²) in [6.45, 7) is 2.41. The second kappa shape index (κ2) is 9.95. The Labute approximate surface area is 194 Å². The number of nitro groups is 1. The SMILES string of the molecule is CCOc1cc(/C=C2\N=C(c3ccc(F)cc3)OC2=O)ccc1OCc1ccc([N+](=O)[O-])cc1. The van der Waals surface area contributed by atoms with Crippen LogP contribution in [0.5, 0.6) is 11.5 Å². The fourth-order valence-electron chi connectivity index (χ4n) is 3.16. The van der Waals surface area contributed by atoms with Crippen molar-refractivity contribution < 1.29 is 28.3 Å². The molecule has 0 saturated heterocycles. The van der Waals surface area contributed by atoms with E-state index in [0.29, 0.717) is 29.2 Å². The average molecular weight is 462 g/mol. The van der Waals surface area contributed by atoms with Gasteiger partial charge in [0.15, 0.2) is 17.2 Å². The number of halogens is 1. The third-order valence-corrected chi connectivity index (χ3v) is 4.82. The molecule has 4 rings (SSSR count). The normalized spacial score (nSPS) is 14.0. The number of aliphatic imine (C=N–C) groups is 1. The highest BCUT2D eigenvalue weighted by Gasteiger charge is 2.24. The predicted molar refractivity (Wildman–Crippen MR) is 122 cm³/mol. The average Bonchev–Trinajstić information content (AvgIpc) is 3.19. The molecule has 0 amide bonds. The number of benzene rings is 3. The fraction of sp³-hybridized carbons (Fsp3) is 0.120. The minimum absolute atomic E-state index is 0.00632. The van der Waals surface area contributed by atoms with Crippen LogP contribution in [0.3, 0.4) is 0 Å². The summed E-state index contributed by atoms with van der Waals surface area (Å²) in [7, 11) is 0. The summed E-state index contributed by atoms with van der Waals surface area (Å²) in [5.41, 5.74) is 1.99. The van der Waals surface area contributed by atoms with E-state index < -0.39 is 16.7 Å². The number of hydrogen-bond acceptors (Lipinski definition) is 7.